The maximum Gasteiger partial charge on any atom is 0.239 e. The van der Waals surface area contributed by atoms with Crippen LogP contribution in [0.5, 0.6) is 0 Å². The molecule has 0 aliphatic carbocycles. The average Bonchev–Trinajstić information content (AvgIpc) is 2.21. The van der Waals surface area contributed by atoms with Crippen LogP contribution in [0.3, 0.4) is 0 Å². The first-order chi connectivity index (χ1) is 7.06. The fraction of sp³-hybridized carbons (Fsp3) is 0.917. The molecule has 0 bridgehead atoms. The van der Waals surface area contributed by atoms with Crippen molar-refractivity contribution < 1.29 is 4.79 Å². The third-order valence-electron chi connectivity index (χ3n) is 3.32. The highest BCUT2D eigenvalue weighted by atomic mass is 16.2. The van der Waals surface area contributed by atoms with Gasteiger partial charge >= 0.3 is 0 Å². The maximum atomic E-state index is 12.0. The highest BCUT2D eigenvalue weighted by Gasteiger charge is 2.29. The molecule has 1 saturated heterocycles. The smallest absolute Gasteiger partial charge is 0.239 e. The van der Waals surface area contributed by atoms with Gasteiger partial charge in [-0.3, -0.25) is 4.79 Å². The second-order valence-electron chi connectivity index (χ2n) is 4.92. The van der Waals surface area contributed by atoms with Gasteiger partial charge in [0.2, 0.25) is 5.91 Å². The van der Waals surface area contributed by atoms with Gasteiger partial charge in [0.25, 0.3) is 0 Å². The molecule has 0 aromatic carbocycles. The molecule has 0 aromatic heterocycles. The van der Waals surface area contributed by atoms with Crippen LogP contribution in [-0.2, 0) is 4.79 Å². The summed E-state index contributed by atoms with van der Waals surface area (Å²) < 4.78 is 0. The van der Waals surface area contributed by atoms with E-state index in [1.54, 1.807) is 0 Å². The first-order valence-electron chi connectivity index (χ1n) is 6.12. The maximum absolute atomic E-state index is 12.0. The number of nitrogens with zero attached hydrogens (tertiary/aromatic N) is 1. The predicted octanol–water partition coefficient (Wildman–Crippen LogP) is 1.76. The lowest BCUT2D eigenvalue weighted by atomic mass is 9.94. The van der Waals surface area contributed by atoms with Gasteiger partial charge in [-0.05, 0) is 32.1 Å². The Morgan fingerprint density at radius 1 is 1.47 bits per heavy atom. The minimum absolute atomic E-state index is 0.149. The first kappa shape index (κ1) is 12.5. The summed E-state index contributed by atoms with van der Waals surface area (Å²) in [5, 5.41) is 0. The Bertz CT molecular complexity index is 218. The number of carbonyl (C=O) groups excluding carboxylic acids is 1. The van der Waals surface area contributed by atoms with E-state index in [0.717, 1.165) is 25.8 Å². The minimum atomic E-state index is -0.289. The number of rotatable bonds is 3. The molecule has 1 aliphatic heterocycles. The van der Waals surface area contributed by atoms with Gasteiger partial charge < -0.3 is 10.6 Å². The number of piperidine rings is 1. The van der Waals surface area contributed by atoms with Crippen LogP contribution in [-0.4, -0.2) is 29.4 Å². The number of nitrogens with two attached hydrogens (primary N) is 1. The fourth-order valence-electron chi connectivity index (χ4n) is 2.24. The van der Waals surface area contributed by atoms with Crippen LogP contribution in [0.25, 0.3) is 0 Å². The zero-order chi connectivity index (χ0) is 11.4. The van der Waals surface area contributed by atoms with Crippen molar-refractivity contribution in [3.63, 3.8) is 0 Å². The van der Waals surface area contributed by atoms with Crippen molar-refractivity contribution in [1.82, 2.24) is 4.90 Å². The van der Waals surface area contributed by atoms with Crippen LogP contribution in [0.4, 0.5) is 0 Å². The highest BCUT2D eigenvalue weighted by Crippen LogP contribution is 2.22. The fourth-order valence-corrected chi connectivity index (χ4v) is 2.24. The second-order valence-corrected chi connectivity index (χ2v) is 4.92. The molecule has 0 radical (unpaired) electrons. The lowest BCUT2D eigenvalue weighted by Gasteiger charge is -2.38. The van der Waals surface area contributed by atoms with Gasteiger partial charge in [-0.25, -0.2) is 0 Å². The van der Waals surface area contributed by atoms with Crippen molar-refractivity contribution in [2.24, 2.45) is 11.7 Å². The number of hydrogen-bond donors (Lipinski definition) is 1. The molecule has 1 heterocycles. The monoisotopic (exact) mass is 212 g/mol. The molecule has 15 heavy (non-hydrogen) atoms. The van der Waals surface area contributed by atoms with E-state index in [1.807, 2.05) is 4.90 Å². The van der Waals surface area contributed by atoms with Crippen molar-refractivity contribution in [2.45, 2.75) is 58.5 Å². The van der Waals surface area contributed by atoms with E-state index in [0.29, 0.717) is 12.0 Å². The van der Waals surface area contributed by atoms with Crippen molar-refractivity contribution in [2.75, 3.05) is 6.54 Å². The standard InChI is InChI=1S/C12H24N2O/c1-4-5-11(13)12(15)14-8-9(2)6-7-10(14)3/h9-11H,4-8,13H2,1-3H3. The van der Waals surface area contributed by atoms with Gasteiger partial charge in [0.15, 0.2) is 0 Å². The van der Waals surface area contributed by atoms with E-state index in [-0.39, 0.29) is 11.9 Å². The molecule has 1 amide bonds. The third kappa shape index (κ3) is 3.20. The zero-order valence-corrected chi connectivity index (χ0v) is 10.2. The summed E-state index contributed by atoms with van der Waals surface area (Å²) >= 11 is 0. The minimum Gasteiger partial charge on any atom is -0.338 e. The summed E-state index contributed by atoms with van der Waals surface area (Å²) in [6.45, 7) is 7.28. The highest BCUT2D eigenvalue weighted by molar-refractivity contribution is 5.82. The molecule has 2 N–H and O–H groups in total. The average molecular weight is 212 g/mol. The molecule has 0 saturated carbocycles. The Labute approximate surface area is 93.0 Å². The van der Waals surface area contributed by atoms with E-state index in [4.69, 9.17) is 5.73 Å². The van der Waals surface area contributed by atoms with Crippen LogP contribution >= 0.6 is 0 Å². The summed E-state index contributed by atoms with van der Waals surface area (Å²) in [5.74, 6) is 0.773. The molecule has 88 valence electrons. The Kier molecular flexibility index (Phi) is 4.58. The molecule has 3 heteroatoms. The molecular weight excluding hydrogens is 188 g/mol. The Hall–Kier alpha value is -0.570. The van der Waals surface area contributed by atoms with Gasteiger partial charge in [-0.1, -0.05) is 20.3 Å². The lowest BCUT2D eigenvalue weighted by molar-refractivity contribution is -0.137. The van der Waals surface area contributed by atoms with E-state index in [9.17, 15) is 4.79 Å². The molecule has 3 nitrogen and oxygen atoms in total. The summed E-state index contributed by atoms with van der Waals surface area (Å²) in [6.07, 6.45) is 4.13. The summed E-state index contributed by atoms with van der Waals surface area (Å²) in [7, 11) is 0. The zero-order valence-electron chi connectivity index (χ0n) is 10.2. The van der Waals surface area contributed by atoms with Crippen molar-refractivity contribution in [1.29, 1.82) is 0 Å². The van der Waals surface area contributed by atoms with Crippen molar-refractivity contribution in [3.05, 3.63) is 0 Å². The Morgan fingerprint density at radius 2 is 2.13 bits per heavy atom. The Morgan fingerprint density at radius 3 is 2.73 bits per heavy atom. The summed E-state index contributed by atoms with van der Waals surface area (Å²) in [6, 6.07) is 0.0827. The van der Waals surface area contributed by atoms with E-state index < -0.39 is 0 Å². The topological polar surface area (TPSA) is 46.3 Å². The quantitative estimate of drug-likeness (QED) is 0.775. The van der Waals surface area contributed by atoms with Crippen LogP contribution in [0.15, 0.2) is 0 Å². The van der Waals surface area contributed by atoms with Gasteiger partial charge in [0.1, 0.15) is 0 Å². The number of amides is 1. The first-order valence-corrected chi connectivity index (χ1v) is 6.12. The molecular formula is C12H24N2O. The number of carbonyl (C=O) groups is 1. The van der Waals surface area contributed by atoms with E-state index in [1.165, 1.54) is 6.42 Å². The number of likely N-dealkylation sites (tertiary alicyclic amines) is 1. The summed E-state index contributed by atoms with van der Waals surface area (Å²) in [5.41, 5.74) is 5.88. The Balaban J connectivity index is 2.56. The van der Waals surface area contributed by atoms with Crippen LogP contribution in [0.2, 0.25) is 0 Å². The largest absolute Gasteiger partial charge is 0.338 e. The third-order valence-corrected chi connectivity index (χ3v) is 3.32. The molecule has 0 aromatic rings. The molecule has 3 unspecified atom stereocenters. The normalized spacial score (nSPS) is 28.9. The molecule has 1 aliphatic rings. The van der Waals surface area contributed by atoms with E-state index in [2.05, 4.69) is 20.8 Å². The van der Waals surface area contributed by atoms with Crippen LogP contribution in [0, 0.1) is 5.92 Å². The molecule has 1 rings (SSSR count). The van der Waals surface area contributed by atoms with Crippen LogP contribution < -0.4 is 5.73 Å². The van der Waals surface area contributed by atoms with Crippen LogP contribution in [0.1, 0.15) is 46.5 Å². The molecule has 0 spiro atoms. The van der Waals surface area contributed by atoms with Crippen molar-refractivity contribution in [3.8, 4) is 0 Å². The summed E-state index contributed by atoms with van der Waals surface area (Å²) in [4.78, 5) is 14.0. The van der Waals surface area contributed by atoms with Gasteiger partial charge in [0, 0.05) is 12.6 Å². The predicted molar refractivity (Wildman–Crippen MR) is 62.5 cm³/mol. The lowest BCUT2D eigenvalue weighted by Crippen LogP contribution is -2.51. The van der Waals surface area contributed by atoms with Gasteiger partial charge in [-0.15, -0.1) is 0 Å². The van der Waals surface area contributed by atoms with Gasteiger partial charge in [0.05, 0.1) is 6.04 Å². The SMILES string of the molecule is CCCC(N)C(=O)N1CC(C)CCC1C. The molecule has 1 fully saturated rings. The van der Waals surface area contributed by atoms with Crippen molar-refractivity contribution >= 4 is 5.91 Å². The number of hydrogen-bond acceptors (Lipinski definition) is 2. The second kappa shape index (κ2) is 5.50. The van der Waals surface area contributed by atoms with Gasteiger partial charge in [-0.2, -0.15) is 0 Å². The molecule has 3 atom stereocenters. The van der Waals surface area contributed by atoms with E-state index >= 15 is 0 Å².